The van der Waals surface area contributed by atoms with Gasteiger partial charge in [-0.3, -0.25) is 14.4 Å². The first kappa shape index (κ1) is 58.1. The molecule has 0 rings (SSSR count). The molecular formula is C56H90O6. The maximum Gasteiger partial charge on any atom is 0.306 e. The van der Waals surface area contributed by atoms with Crippen molar-refractivity contribution in [2.75, 3.05) is 13.2 Å². The minimum atomic E-state index is -0.820. The van der Waals surface area contributed by atoms with Crippen molar-refractivity contribution in [2.24, 2.45) is 0 Å². The van der Waals surface area contributed by atoms with E-state index in [0.717, 1.165) is 116 Å². The van der Waals surface area contributed by atoms with E-state index in [0.29, 0.717) is 19.3 Å². The minimum absolute atomic E-state index is 0.114. The summed E-state index contributed by atoms with van der Waals surface area (Å²) in [5.74, 6) is -1.03. The highest BCUT2D eigenvalue weighted by molar-refractivity contribution is 5.71. The van der Waals surface area contributed by atoms with Crippen LogP contribution in [0.3, 0.4) is 0 Å². The van der Waals surface area contributed by atoms with Gasteiger partial charge in [0.2, 0.25) is 0 Å². The van der Waals surface area contributed by atoms with Crippen molar-refractivity contribution in [3.8, 4) is 0 Å². The fraction of sp³-hybridized carbons (Fsp3) is 0.625. The SMILES string of the molecule is CC/C=C\C/C=C\C/C=C\C/C=C\C/C=C\C/C=C\CCC(=O)OC[C@@H](COC(=O)CCCCCCC/C=C\CCCC)OC(=O)CCCCCCC/C=C\C/C=C\CCCC. The van der Waals surface area contributed by atoms with Crippen LogP contribution in [0.5, 0.6) is 0 Å². The monoisotopic (exact) mass is 859 g/mol. The van der Waals surface area contributed by atoms with Crippen LogP contribution in [-0.4, -0.2) is 37.2 Å². The van der Waals surface area contributed by atoms with Crippen molar-refractivity contribution in [1.82, 2.24) is 0 Å². The standard InChI is InChI=1S/C56H90O6/c1-4-7-10-13-16-19-22-24-26-27-28-29-30-32-34-37-40-43-46-49-55(58)61-52-53(51-60-54(57)48-45-42-39-36-33-21-18-15-12-9-6-3)62-56(59)50-47-44-41-38-35-31-25-23-20-17-14-11-8-5-2/h7,10,14-19,23-26,28-29,32,34,40,43,53H,4-6,8-9,11-13,20-22,27,30-31,33,35-39,41-42,44-52H2,1-3H3/b10-7-,17-14-,18-15-,19-16-,25-23-,26-24-,29-28-,34-32-,43-40-/t53-/m1/s1. The molecule has 0 aromatic heterocycles. The molecule has 6 heteroatoms. The summed E-state index contributed by atoms with van der Waals surface area (Å²) in [6.45, 7) is 6.34. The van der Waals surface area contributed by atoms with Crippen molar-refractivity contribution in [3.05, 3.63) is 109 Å². The van der Waals surface area contributed by atoms with Gasteiger partial charge in [-0.2, -0.15) is 0 Å². The maximum absolute atomic E-state index is 12.8. The molecule has 0 saturated heterocycles. The van der Waals surface area contributed by atoms with Crippen LogP contribution in [0.15, 0.2) is 109 Å². The van der Waals surface area contributed by atoms with E-state index in [2.05, 4.69) is 118 Å². The molecule has 0 bridgehead atoms. The first-order chi connectivity index (χ1) is 30.5. The number of carbonyl (C=O) groups excluding carboxylic acids is 3. The lowest BCUT2D eigenvalue weighted by molar-refractivity contribution is -0.166. The number of unbranched alkanes of at least 4 members (excludes halogenated alkanes) is 14. The fourth-order valence-corrected chi connectivity index (χ4v) is 6.23. The number of ether oxygens (including phenoxy) is 3. The third-order valence-electron chi connectivity index (χ3n) is 9.99. The van der Waals surface area contributed by atoms with Crippen molar-refractivity contribution in [2.45, 2.75) is 213 Å². The van der Waals surface area contributed by atoms with Crippen LogP contribution in [0.2, 0.25) is 0 Å². The van der Waals surface area contributed by atoms with E-state index in [1.165, 1.54) is 44.9 Å². The van der Waals surface area contributed by atoms with E-state index >= 15 is 0 Å². The van der Waals surface area contributed by atoms with E-state index in [9.17, 15) is 14.4 Å². The molecule has 350 valence electrons. The van der Waals surface area contributed by atoms with E-state index in [1.54, 1.807) is 0 Å². The number of rotatable bonds is 43. The highest BCUT2D eigenvalue weighted by atomic mass is 16.6. The molecule has 0 saturated carbocycles. The summed E-state index contributed by atoms with van der Waals surface area (Å²) in [5.41, 5.74) is 0. The van der Waals surface area contributed by atoms with Crippen molar-refractivity contribution >= 4 is 17.9 Å². The number of carbonyl (C=O) groups is 3. The van der Waals surface area contributed by atoms with Gasteiger partial charge in [0.1, 0.15) is 13.2 Å². The summed E-state index contributed by atoms with van der Waals surface area (Å²) in [4.78, 5) is 37.9. The molecular weight excluding hydrogens is 769 g/mol. The van der Waals surface area contributed by atoms with Crippen LogP contribution in [-0.2, 0) is 28.6 Å². The van der Waals surface area contributed by atoms with Crippen LogP contribution in [0.4, 0.5) is 0 Å². The van der Waals surface area contributed by atoms with Crippen LogP contribution in [0, 0.1) is 0 Å². The largest absolute Gasteiger partial charge is 0.462 e. The first-order valence-corrected chi connectivity index (χ1v) is 24.9. The summed E-state index contributed by atoms with van der Waals surface area (Å²) in [7, 11) is 0. The zero-order valence-electron chi connectivity index (χ0n) is 39.8. The molecule has 0 aromatic carbocycles. The number of esters is 3. The highest BCUT2D eigenvalue weighted by Crippen LogP contribution is 2.12. The third-order valence-corrected chi connectivity index (χ3v) is 9.99. The normalized spacial score (nSPS) is 13.0. The zero-order chi connectivity index (χ0) is 45.1. The molecule has 0 unspecified atom stereocenters. The Bertz CT molecular complexity index is 1310. The van der Waals surface area contributed by atoms with Crippen LogP contribution in [0.1, 0.15) is 207 Å². The molecule has 0 heterocycles. The Hall–Kier alpha value is -3.93. The van der Waals surface area contributed by atoms with Crippen LogP contribution in [0.25, 0.3) is 0 Å². The van der Waals surface area contributed by atoms with Gasteiger partial charge in [-0.1, -0.05) is 194 Å². The number of allylic oxidation sites excluding steroid dienone is 18. The topological polar surface area (TPSA) is 78.9 Å². The predicted octanol–water partition coefficient (Wildman–Crippen LogP) is 16.4. The molecule has 0 aliphatic rings. The van der Waals surface area contributed by atoms with Crippen molar-refractivity contribution in [1.29, 1.82) is 0 Å². The Kier molecular flexibility index (Phi) is 46.6. The summed E-state index contributed by atoms with van der Waals surface area (Å²) < 4.78 is 16.7. The molecule has 0 aliphatic heterocycles. The van der Waals surface area contributed by atoms with Gasteiger partial charge in [-0.05, 0) is 103 Å². The first-order valence-electron chi connectivity index (χ1n) is 24.9. The average molecular weight is 859 g/mol. The maximum atomic E-state index is 12.8. The van der Waals surface area contributed by atoms with Crippen molar-refractivity contribution in [3.63, 3.8) is 0 Å². The van der Waals surface area contributed by atoms with Gasteiger partial charge in [0.15, 0.2) is 6.10 Å². The lowest BCUT2D eigenvalue weighted by Crippen LogP contribution is -2.30. The summed E-state index contributed by atoms with van der Waals surface area (Å²) in [5, 5.41) is 0. The number of hydrogen-bond donors (Lipinski definition) is 0. The Morgan fingerprint density at radius 1 is 0.339 bits per heavy atom. The molecule has 0 N–H and O–H groups in total. The lowest BCUT2D eigenvalue weighted by Gasteiger charge is -2.18. The second-order valence-corrected chi connectivity index (χ2v) is 16.0. The third kappa shape index (κ3) is 47.1. The smallest absolute Gasteiger partial charge is 0.306 e. The Morgan fingerprint density at radius 2 is 0.661 bits per heavy atom. The summed E-state index contributed by atoms with van der Waals surface area (Å²) in [6.07, 6.45) is 66.5. The average Bonchev–Trinajstić information content (AvgIpc) is 3.27. The molecule has 0 spiro atoms. The molecule has 0 aliphatic carbocycles. The van der Waals surface area contributed by atoms with E-state index in [4.69, 9.17) is 14.2 Å². The molecule has 62 heavy (non-hydrogen) atoms. The fourth-order valence-electron chi connectivity index (χ4n) is 6.23. The van der Waals surface area contributed by atoms with Gasteiger partial charge in [-0.15, -0.1) is 0 Å². The molecule has 0 fully saturated rings. The van der Waals surface area contributed by atoms with Gasteiger partial charge in [0, 0.05) is 19.3 Å². The van der Waals surface area contributed by atoms with Crippen LogP contribution < -0.4 is 0 Å². The predicted molar refractivity (Wildman–Crippen MR) is 265 cm³/mol. The van der Waals surface area contributed by atoms with Gasteiger partial charge in [0.25, 0.3) is 0 Å². The highest BCUT2D eigenvalue weighted by Gasteiger charge is 2.19. The summed E-state index contributed by atoms with van der Waals surface area (Å²) in [6, 6.07) is 0. The van der Waals surface area contributed by atoms with Crippen molar-refractivity contribution < 1.29 is 28.6 Å². The quantitative estimate of drug-likeness (QED) is 0.0263. The second-order valence-electron chi connectivity index (χ2n) is 16.0. The summed E-state index contributed by atoms with van der Waals surface area (Å²) >= 11 is 0. The minimum Gasteiger partial charge on any atom is -0.462 e. The van der Waals surface area contributed by atoms with Gasteiger partial charge >= 0.3 is 17.9 Å². The molecule has 0 aromatic rings. The molecule has 0 amide bonds. The number of hydrogen-bond acceptors (Lipinski definition) is 6. The van der Waals surface area contributed by atoms with E-state index < -0.39 is 6.10 Å². The van der Waals surface area contributed by atoms with E-state index in [1.807, 2.05) is 12.2 Å². The van der Waals surface area contributed by atoms with Gasteiger partial charge < -0.3 is 14.2 Å². The van der Waals surface area contributed by atoms with Crippen LogP contribution >= 0.6 is 0 Å². The molecule has 1 atom stereocenters. The molecule has 6 nitrogen and oxygen atoms in total. The Balaban J connectivity index is 4.53. The molecule has 0 radical (unpaired) electrons. The zero-order valence-corrected chi connectivity index (χ0v) is 39.8. The van der Waals surface area contributed by atoms with E-state index in [-0.39, 0.29) is 37.5 Å². The Labute approximate surface area is 380 Å². The van der Waals surface area contributed by atoms with Gasteiger partial charge in [-0.25, -0.2) is 0 Å². The lowest BCUT2D eigenvalue weighted by atomic mass is 10.1. The van der Waals surface area contributed by atoms with Gasteiger partial charge in [0.05, 0.1) is 0 Å². The second kappa shape index (κ2) is 49.7. The Morgan fingerprint density at radius 3 is 1.10 bits per heavy atom.